The third-order valence-electron chi connectivity index (χ3n) is 2.24. The Hall–Kier alpha value is -0.520. The number of nitrogens with one attached hydrogen (secondary N) is 1. The Morgan fingerprint density at radius 2 is 2.25 bits per heavy atom. The van der Waals surface area contributed by atoms with Crippen LogP contribution in [0.3, 0.4) is 0 Å². The van der Waals surface area contributed by atoms with Crippen molar-refractivity contribution in [1.29, 1.82) is 0 Å². The lowest BCUT2D eigenvalue weighted by Crippen LogP contribution is -2.39. The first kappa shape index (κ1) is 15.5. The van der Waals surface area contributed by atoms with Gasteiger partial charge in [0.25, 0.3) is 0 Å². The van der Waals surface area contributed by atoms with E-state index >= 15 is 0 Å². The van der Waals surface area contributed by atoms with Crippen molar-refractivity contribution in [2.75, 3.05) is 26.0 Å². The SMILES string of the molecule is C=C(CNC(C)C(CO)SC)C(=O)OCC. The van der Waals surface area contributed by atoms with E-state index in [9.17, 15) is 4.79 Å². The van der Waals surface area contributed by atoms with Crippen LogP contribution in [0.4, 0.5) is 0 Å². The first-order valence-corrected chi connectivity index (χ1v) is 6.57. The van der Waals surface area contributed by atoms with Crippen LogP contribution in [-0.2, 0) is 9.53 Å². The van der Waals surface area contributed by atoms with E-state index in [0.717, 1.165) is 0 Å². The van der Waals surface area contributed by atoms with E-state index in [-0.39, 0.29) is 23.9 Å². The molecule has 0 fully saturated rings. The van der Waals surface area contributed by atoms with Crippen molar-refractivity contribution in [2.45, 2.75) is 25.1 Å². The average Bonchev–Trinajstić information content (AvgIpc) is 2.27. The number of rotatable bonds is 8. The van der Waals surface area contributed by atoms with Gasteiger partial charge in [-0.05, 0) is 20.1 Å². The molecule has 0 aromatic rings. The summed E-state index contributed by atoms with van der Waals surface area (Å²) in [6.07, 6.45) is 1.94. The number of carbonyl (C=O) groups excluding carboxylic acids is 1. The topological polar surface area (TPSA) is 58.6 Å². The number of hydrogen-bond acceptors (Lipinski definition) is 5. The summed E-state index contributed by atoms with van der Waals surface area (Å²) in [6.45, 7) is 8.24. The Bertz CT molecular complexity index is 229. The number of carbonyl (C=O) groups is 1. The summed E-state index contributed by atoms with van der Waals surface area (Å²) in [6, 6.07) is 0.117. The minimum absolute atomic E-state index is 0.112. The quantitative estimate of drug-likeness (QED) is 0.491. The molecule has 4 nitrogen and oxygen atoms in total. The zero-order valence-corrected chi connectivity index (χ0v) is 11.0. The molecule has 2 atom stereocenters. The van der Waals surface area contributed by atoms with Crippen molar-refractivity contribution >= 4 is 17.7 Å². The Labute approximate surface area is 101 Å². The zero-order chi connectivity index (χ0) is 12.6. The second kappa shape index (κ2) is 8.61. The first-order chi connectivity index (χ1) is 7.56. The van der Waals surface area contributed by atoms with Crippen molar-refractivity contribution in [1.82, 2.24) is 5.32 Å². The molecule has 0 aliphatic heterocycles. The lowest BCUT2D eigenvalue weighted by Gasteiger charge is -2.21. The normalized spacial score (nSPS) is 14.2. The molecular formula is C11H21NO3S. The highest BCUT2D eigenvalue weighted by molar-refractivity contribution is 7.99. The molecule has 0 heterocycles. The predicted molar refractivity (Wildman–Crippen MR) is 67.6 cm³/mol. The summed E-state index contributed by atoms with van der Waals surface area (Å²) in [5.41, 5.74) is 0.409. The molecule has 0 aliphatic carbocycles. The Balaban J connectivity index is 3.95. The number of ether oxygens (including phenoxy) is 1. The van der Waals surface area contributed by atoms with Gasteiger partial charge in [0.1, 0.15) is 0 Å². The van der Waals surface area contributed by atoms with Crippen molar-refractivity contribution in [3.05, 3.63) is 12.2 Å². The highest BCUT2D eigenvalue weighted by Gasteiger charge is 2.16. The summed E-state index contributed by atoms with van der Waals surface area (Å²) in [5, 5.41) is 12.3. The molecule has 5 heteroatoms. The molecule has 0 saturated carbocycles. The maximum atomic E-state index is 11.2. The van der Waals surface area contributed by atoms with Crippen LogP contribution in [0, 0.1) is 0 Å². The van der Waals surface area contributed by atoms with E-state index in [4.69, 9.17) is 9.84 Å². The number of aliphatic hydroxyl groups excluding tert-OH is 1. The number of aliphatic hydroxyl groups is 1. The molecule has 16 heavy (non-hydrogen) atoms. The van der Waals surface area contributed by atoms with Gasteiger partial charge >= 0.3 is 5.97 Å². The first-order valence-electron chi connectivity index (χ1n) is 5.28. The largest absolute Gasteiger partial charge is 0.463 e. The fourth-order valence-electron chi connectivity index (χ4n) is 1.16. The van der Waals surface area contributed by atoms with Gasteiger partial charge in [-0.15, -0.1) is 0 Å². The number of hydrogen-bond donors (Lipinski definition) is 2. The van der Waals surface area contributed by atoms with Crippen LogP contribution in [0.25, 0.3) is 0 Å². The minimum Gasteiger partial charge on any atom is -0.463 e. The van der Waals surface area contributed by atoms with Gasteiger partial charge in [0.05, 0.1) is 13.2 Å². The molecule has 0 radical (unpaired) electrons. The second-order valence-corrected chi connectivity index (χ2v) is 4.53. The molecule has 0 aliphatic rings. The van der Waals surface area contributed by atoms with Crippen LogP contribution in [-0.4, -0.2) is 48.4 Å². The molecule has 2 N–H and O–H groups in total. The fraction of sp³-hybridized carbons (Fsp3) is 0.727. The number of thioether (sulfide) groups is 1. The molecule has 0 rings (SSSR count). The molecule has 0 amide bonds. The molecule has 94 valence electrons. The number of esters is 1. The van der Waals surface area contributed by atoms with Gasteiger partial charge in [0.15, 0.2) is 0 Å². The maximum Gasteiger partial charge on any atom is 0.334 e. The van der Waals surface area contributed by atoms with Gasteiger partial charge in [-0.2, -0.15) is 11.8 Å². The van der Waals surface area contributed by atoms with Crippen LogP contribution in [0.1, 0.15) is 13.8 Å². The van der Waals surface area contributed by atoms with E-state index in [1.54, 1.807) is 18.7 Å². The van der Waals surface area contributed by atoms with E-state index in [1.165, 1.54) is 0 Å². The Morgan fingerprint density at radius 1 is 1.62 bits per heavy atom. The van der Waals surface area contributed by atoms with Crippen LogP contribution < -0.4 is 5.32 Å². The van der Waals surface area contributed by atoms with Crippen LogP contribution >= 0.6 is 11.8 Å². The molecule has 0 bridgehead atoms. The third-order valence-corrected chi connectivity index (χ3v) is 3.40. The van der Waals surface area contributed by atoms with Crippen molar-refractivity contribution < 1.29 is 14.6 Å². The Kier molecular flexibility index (Phi) is 8.33. The standard InChI is InChI=1S/C11H21NO3S/c1-5-15-11(14)8(2)6-12-9(3)10(7-13)16-4/h9-10,12-13H,2,5-7H2,1,3-4H3. The third kappa shape index (κ3) is 5.53. The van der Waals surface area contributed by atoms with Gasteiger partial charge < -0.3 is 15.2 Å². The molecular weight excluding hydrogens is 226 g/mol. The molecule has 0 aromatic heterocycles. The lowest BCUT2D eigenvalue weighted by molar-refractivity contribution is -0.138. The fourth-order valence-corrected chi connectivity index (χ4v) is 1.81. The second-order valence-electron chi connectivity index (χ2n) is 3.45. The summed E-state index contributed by atoms with van der Waals surface area (Å²) < 4.78 is 4.82. The van der Waals surface area contributed by atoms with Crippen molar-refractivity contribution in [2.24, 2.45) is 0 Å². The summed E-state index contributed by atoms with van der Waals surface area (Å²) in [4.78, 5) is 11.2. The van der Waals surface area contributed by atoms with Gasteiger partial charge in [-0.25, -0.2) is 4.79 Å². The Morgan fingerprint density at radius 3 is 2.69 bits per heavy atom. The van der Waals surface area contributed by atoms with E-state index < -0.39 is 0 Å². The van der Waals surface area contributed by atoms with Crippen LogP contribution in [0.5, 0.6) is 0 Å². The zero-order valence-electron chi connectivity index (χ0n) is 10.2. The van der Waals surface area contributed by atoms with Gasteiger partial charge in [-0.3, -0.25) is 0 Å². The summed E-state index contributed by atoms with van der Waals surface area (Å²) in [7, 11) is 0. The molecule has 2 unspecified atom stereocenters. The van der Waals surface area contributed by atoms with Gasteiger partial charge in [0, 0.05) is 23.4 Å². The van der Waals surface area contributed by atoms with E-state index in [1.807, 2.05) is 13.2 Å². The van der Waals surface area contributed by atoms with Gasteiger partial charge in [-0.1, -0.05) is 6.58 Å². The molecule has 0 aromatic carbocycles. The van der Waals surface area contributed by atoms with Crippen LogP contribution in [0.2, 0.25) is 0 Å². The lowest BCUT2D eigenvalue weighted by atomic mass is 10.2. The van der Waals surface area contributed by atoms with Crippen LogP contribution in [0.15, 0.2) is 12.2 Å². The maximum absolute atomic E-state index is 11.2. The van der Waals surface area contributed by atoms with Crippen molar-refractivity contribution in [3.63, 3.8) is 0 Å². The highest BCUT2D eigenvalue weighted by Crippen LogP contribution is 2.10. The van der Waals surface area contributed by atoms with E-state index in [0.29, 0.717) is 18.7 Å². The van der Waals surface area contributed by atoms with Gasteiger partial charge in [0.2, 0.25) is 0 Å². The highest BCUT2D eigenvalue weighted by atomic mass is 32.2. The summed E-state index contributed by atoms with van der Waals surface area (Å²) in [5.74, 6) is -0.369. The molecule has 0 saturated heterocycles. The smallest absolute Gasteiger partial charge is 0.334 e. The monoisotopic (exact) mass is 247 g/mol. The summed E-state index contributed by atoms with van der Waals surface area (Å²) >= 11 is 1.59. The average molecular weight is 247 g/mol. The van der Waals surface area contributed by atoms with Crippen molar-refractivity contribution in [3.8, 4) is 0 Å². The predicted octanol–water partition coefficient (Wildman–Crippen LogP) is 0.808. The van der Waals surface area contributed by atoms with E-state index in [2.05, 4.69) is 11.9 Å². The molecule has 0 spiro atoms. The minimum atomic E-state index is -0.369.